The summed E-state index contributed by atoms with van der Waals surface area (Å²) in [5.41, 5.74) is 0.757. The molecule has 1 heterocycles. The van der Waals surface area contributed by atoms with Gasteiger partial charge in [0.15, 0.2) is 0 Å². The molecule has 154 valence electrons. The molecule has 0 unspecified atom stereocenters. The predicted octanol–water partition coefficient (Wildman–Crippen LogP) is 3.29. The van der Waals surface area contributed by atoms with Crippen LogP contribution >= 0.6 is 0 Å². The van der Waals surface area contributed by atoms with Crippen LogP contribution in [-0.2, 0) is 4.74 Å². The standard InChI is InChI=1S/C23H33FN2O2/c24-21-3-1-2-4-22(21)26-7-5-25(6-8-26)15-20(27)16-28-23-12-17-9-18(13-23)11-19(10-17)14-23/h1-4,17-20,27H,5-16H2/t17?,18?,19?,20-,23?/m1/s1. The number of anilines is 1. The smallest absolute Gasteiger partial charge is 0.146 e. The molecule has 6 rings (SSSR count). The molecular weight excluding hydrogens is 355 g/mol. The van der Waals surface area contributed by atoms with Gasteiger partial charge in [-0.05, 0) is 68.4 Å². The van der Waals surface area contributed by atoms with Crippen LogP contribution < -0.4 is 4.90 Å². The van der Waals surface area contributed by atoms with Crippen LogP contribution in [0.3, 0.4) is 0 Å². The zero-order valence-electron chi connectivity index (χ0n) is 16.7. The van der Waals surface area contributed by atoms with Crippen LogP contribution in [0.15, 0.2) is 24.3 Å². The molecule has 4 aliphatic carbocycles. The molecule has 0 spiro atoms. The molecule has 4 nitrogen and oxygen atoms in total. The Balaban J connectivity index is 1.09. The van der Waals surface area contributed by atoms with E-state index in [0.717, 1.165) is 43.9 Å². The average Bonchev–Trinajstić information content (AvgIpc) is 2.67. The first-order chi connectivity index (χ1) is 13.6. The van der Waals surface area contributed by atoms with Gasteiger partial charge in [0.1, 0.15) is 5.82 Å². The van der Waals surface area contributed by atoms with E-state index >= 15 is 0 Å². The van der Waals surface area contributed by atoms with E-state index < -0.39 is 6.10 Å². The van der Waals surface area contributed by atoms with E-state index in [1.165, 1.54) is 44.6 Å². The molecule has 0 aromatic heterocycles. The number of benzene rings is 1. The van der Waals surface area contributed by atoms with Gasteiger partial charge in [-0.2, -0.15) is 0 Å². The largest absolute Gasteiger partial charge is 0.389 e. The van der Waals surface area contributed by atoms with Crippen LogP contribution in [0.2, 0.25) is 0 Å². The van der Waals surface area contributed by atoms with Gasteiger partial charge in [0.25, 0.3) is 0 Å². The van der Waals surface area contributed by atoms with Crippen LogP contribution in [0.25, 0.3) is 0 Å². The highest BCUT2D eigenvalue weighted by Gasteiger charge is 2.51. The van der Waals surface area contributed by atoms with Crippen molar-refractivity contribution in [1.82, 2.24) is 4.90 Å². The van der Waals surface area contributed by atoms with E-state index in [2.05, 4.69) is 9.80 Å². The van der Waals surface area contributed by atoms with E-state index in [-0.39, 0.29) is 11.4 Å². The molecule has 1 aromatic rings. The van der Waals surface area contributed by atoms with E-state index in [1.807, 2.05) is 12.1 Å². The fraction of sp³-hybridized carbons (Fsp3) is 0.739. The van der Waals surface area contributed by atoms with Gasteiger partial charge in [0.05, 0.1) is 24.0 Å². The third kappa shape index (κ3) is 3.81. The van der Waals surface area contributed by atoms with Gasteiger partial charge in [-0.3, -0.25) is 4.90 Å². The van der Waals surface area contributed by atoms with Crippen molar-refractivity contribution in [2.24, 2.45) is 17.8 Å². The molecule has 5 aliphatic rings. The number of β-amino-alcohol motifs (C(OH)–C–C–N with tert-alkyl or cyclic N) is 1. The van der Waals surface area contributed by atoms with Crippen molar-refractivity contribution in [1.29, 1.82) is 0 Å². The van der Waals surface area contributed by atoms with E-state index in [9.17, 15) is 9.50 Å². The van der Waals surface area contributed by atoms with Crippen molar-refractivity contribution < 1.29 is 14.2 Å². The second-order valence-electron chi connectivity index (χ2n) is 9.80. The van der Waals surface area contributed by atoms with Crippen molar-refractivity contribution in [3.8, 4) is 0 Å². The lowest BCUT2D eigenvalue weighted by Crippen LogP contribution is -2.53. The van der Waals surface area contributed by atoms with Gasteiger partial charge < -0.3 is 14.7 Å². The highest BCUT2D eigenvalue weighted by molar-refractivity contribution is 5.47. The molecule has 28 heavy (non-hydrogen) atoms. The molecule has 1 N–H and O–H groups in total. The Bertz CT molecular complexity index is 654. The maximum absolute atomic E-state index is 14.0. The van der Waals surface area contributed by atoms with Gasteiger partial charge in [-0.1, -0.05) is 12.1 Å². The predicted molar refractivity (Wildman–Crippen MR) is 108 cm³/mol. The normalized spacial score (nSPS) is 36.1. The number of aliphatic hydroxyl groups is 1. The quantitative estimate of drug-likeness (QED) is 0.811. The monoisotopic (exact) mass is 388 g/mol. The minimum absolute atomic E-state index is 0.0687. The summed E-state index contributed by atoms with van der Waals surface area (Å²) in [5, 5.41) is 10.6. The van der Waals surface area contributed by atoms with Crippen LogP contribution in [-0.4, -0.2) is 61.0 Å². The summed E-state index contributed by atoms with van der Waals surface area (Å²) >= 11 is 0. The molecule has 1 aromatic carbocycles. The molecule has 4 bridgehead atoms. The Hall–Kier alpha value is -1.17. The molecule has 5 heteroatoms. The number of nitrogens with zero attached hydrogens (tertiary/aromatic N) is 2. The SMILES string of the molecule is O[C@@H](COC12CC3CC(CC(C3)C1)C2)CN1CCN(c2ccccc2F)CC1. The van der Waals surface area contributed by atoms with Gasteiger partial charge in [-0.15, -0.1) is 0 Å². The summed E-state index contributed by atoms with van der Waals surface area (Å²) in [6.45, 7) is 4.40. The summed E-state index contributed by atoms with van der Waals surface area (Å²) in [6, 6.07) is 6.98. The van der Waals surface area contributed by atoms with Crippen molar-refractivity contribution in [2.75, 3.05) is 44.2 Å². The maximum Gasteiger partial charge on any atom is 0.146 e. The Kier molecular flexibility index (Phi) is 5.10. The fourth-order valence-corrected chi connectivity index (χ4v) is 6.71. The van der Waals surface area contributed by atoms with E-state index in [4.69, 9.17) is 4.74 Å². The number of para-hydroxylation sites is 1. The Labute approximate surface area is 167 Å². The summed E-state index contributed by atoms with van der Waals surface area (Å²) in [6.07, 6.45) is 7.45. The zero-order valence-corrected chi connectivity index (χ0v) is 16.7. The first kappa shape index (κ1) is 18.8. The minimum Gasteiger partial charge on any atom is -0.389 e. The van der Waals surface area contributed by atoms with Gasteiger partial charge >= 0.3 is 0 Å². The molecule has 5 fully saturated rings. The molecule has 1 aliphatic heterocycles. The number of hydrogen-bond donors (Lipinski definition) is 1. The van der Waals surface area contributed by atoms with Crippen molar-refractivity contribution in [2.45, 2.75) is 50.2 Å². The first-order valence-corrected chi connectivity index (χ1v) is 11.1. The molecule has 1 saturated heterocycles. The highest BCUT2D eigenvalue weighted by atomic mass is 19.1. The van der Waals surface area contributed by atoms with Crippen molar-refractivity contribution >= 4 is 5.69 Å². The molecular formula is C23H33FN2O2. The summed E-state index contributed by atoms with van der Waals surface area (Å²) in [7, 11) is 0. The summed E-state index contributed by atoms with van der Waals surface area (Å²) < 4.78 is 20.4. The first-order valence-electron chi connectivity index (χ1n) is 11.1. The Morgan fingerprint density at radius 3 is 2.21 bits per heavy atom. The number of ether oxygens (including phenoxy) is 1. The molecule has 0 radical (unpaired) electrons. The van der Waals surface area contributed by atoms with Crippen LogP contribution in [0.5, 0.6) is 0 Å². The van der Waals surface area contributed by atoms with Gasteiger partial charge in [0.2, 0.25) is 0 Å². The average molecular weight is 389 g/mol. The van der Waals surface area contributed by atoms with Crippen LogP contribution in [0.1, 0.15) is 38.5 Å². The van der Waals surface area contributed by atoms with Crippen molar-refractivity contribution in [3.05, 3.63) is 30.1 Å². The zero-order chi connectivity index (χ0) is 19.1. The lowest BCUT2D eigenvalue weighted by molar-refractivity contribution is -0.176. The Morgan fingerprint density at radius 2 is 1.61 bits per heavy atom. The number of piperazine rings is 1. The molecule has 1 atom stereocenters. The lowest BCUT2D eigenvalue weighted by atomic mass is 9.54. The van der Waals surface area contributed by atoms with E-state index in [1.54, 1.807) is 6.07 Å². The van der Waals surface area contributed by atoms with Gasteiger partial charge in [0, 0.05) is 32.7 Å². The minimum atomic E-state index is -0.437. The topological polar surface area (TPSA) is 35.9 Å². The molecule has 4 saturated carbocycles. The number of rotatable bonds is 6. The second kappa shape index (κ2) is 7.58. The third-order valence-corrected chi connectivity index (χ3v) is 7.60. The van der Waals surface area contributed by atoms with Crippen LogP contribution in [0.4, 0.5) is 10.1 Å². The van der Waals surface area contributed by atoms with Crippen molar-refractivity contribution in [3.63, 3.8) is 0 Å². The Morgan fingerprint density at radius 1 is 1.00 bits per heavy atom. The highest BCUT2D eigenvalue weighted by Crippen LogP contribution is 2.57. The molecule has 0 amide bonds. The van der Waals surface area contributed by atoms with Gasteiger partial charge in [-0.25, -0.2) is 4.39 Å². The third-order valence-electron chi connectivity index (χ3n) is 7.60. The fourth-order valence-electron chi connectivity index (χ4n) is 6.71. The van der Waals surface area contributed by atoms with Crippen LogP contribution in [0, 0.1) is 23.6 Å². The lowest BCUT2D eigenvalue weighted by Gasteiger charge is -2.56. The van der Waals surface area contributed by atoms with E-state index in [0.29, 0.717) is 18.8 Å². The maximum atomic E-state index is 14.0. The number of halogens is 1. The number of aliphatic hydroxyl groups excluding tert-OH is 1. The number of hydrogen-bond acceptors (Lipinski definition) is 4. The second-order valence-corrected chi connectivity index (χ2v) is 9.80. The summed E-state index contributed by atoms with van der Waals surface area (Å²) in [4.78, 5) is 4.38. The summed E-state index contributed by atoms with van der Waals surface area (Å²) in [5.74, 6) is 2.46.